The fourth-order valence-corrected chi connectivity index (χ4v) is 3.88. The van der Waals surface area contributed by atoms with Crippen LogP contribution in [0.3, 0.4) is 0 Å². The molecule has 0 aliphatic heterocycles. The number of ether oxygens (including phenoxy) is 1. The number of hydrogen-bond donors (Lipinski definition) is 2. The van der Waals surface area contributed by atoms with Gasteiger partial charge in [-0.1, -0.05) is 35.8 Å². The number of carbonyl (C=O) groups excluding carboxylic acids is 2. The lowest BCUT2D eigenvalue weighted by Gasteiger charge is -2.15. The second kappa shape index (κ2) is 9.65. The summed E-state index contributed by atoms with van der Waals surface area (Å²) in [5.41, 5.74) is 1.39. The highest BCUT2D eigenvalue weighted by Crippen LogP contribution is 2.19. The lowest BCUT2D eigenvalue weighted by Crippen LogP contribution is -2.32. The minimum atomic E-state index is -3.93. The molecule has 9 nitrogen and oxygen atoms in total. The van der Waals surface area contributed by atoms with E-state index < -0.39 is 28.0 Å². The first-order chi connectivity index (χ1) is 15.2. The van der Waals surface area contributed by atoms with Crippen molar-refractivity contribution in [3.63, 3.8) is 0 Å². The Hall–Kier alpha value is -3.66. The summed E-state index contributed by atoms with van der Waals surface area (Å²) >= 11 is 0. The molecular weight excluding hydrogens is 434 g/mol. The van der Waals surface area contributed by atoms with Crippen LogP contribution in [0.25, 0.3) is 0 Å². The zero-order valence-electron chi connectivity index (χ0n) is 17.8. The summed E-state index contributed by atoms with van der Waals surface area (Å²) in [4.78, 5) is 24.9. The number of benzene rings is 2. The SMILES string of the molecule is CCC(OC(=O)c1cccc(S(=O)(=O)Nc2ccc(C)cc2)c1)C(=O)Nc1cc(C)on1. The van der Waals surface area contributed by atoms with E-state index in [0.717, 1.165) is 5.56 Å². The van der Waals surface area contributed by atoms with Gasteiger partial charge in [0, 0.05) is 11.8 Å². The Bertz CT molecular complexity index is 1220. The van der Waals surface area contributed by atoms with Crippen LogP contribution < -0.4 is 10.0 Å². The van der Waals surface area contributed by atoms with E-state index in [4.69, 9.17) is 9.26 Å². The summed E-state index contributed by atoms with van der Waals surface area (Å²) in [5.74, 6) is -0.672. The number of anilines is 2. The van der Waals surface area contributed by atoms with Crippen molar-refractivity contribution in [3.05, 3.63) is 71.5 Å². The van der Waals surface area contributed by atoms with E-state index in [1.165, 1.54) is 30.3 Å². The smallest absolute Gasteiger partial charge is 0.338 e. The predicted molar refractivity (Wildman–Crippen MR) is 118 cm³/mol. The minimum Gasteiger partial charge on any atom is -0.449 e. The maximum atomic E-state index is 12.7. The Morgan fingerprint density at radius 3 is 2.44 bits per heavy atom. The van der Waals surface area contributed by atoms with E-state index in [2.05, 4.69) is 15.2 Å². The van der Waals surface area contributed by atoms with Crippen LogP contribution in [0, 0.1) is 13.8 Å². The van der Waals surface area contributed by atoms with Crippen molar-refractivity contribution in [1.82, 2.24) is 5.16 Å². The molecule has 10 heteroatoms. The molecule has 1 heterocycles. The van der Waals surface area contributed by atoms with E-state index >= 15 is 0 Å². The summed E-state index contributed by atoms with van der Waals surface area (Å²) < 4.78 is 38.1. The number of nitrogens with one attached hydrogen (secondary N) is 2. The van der Waals surface area contributed by atoms with Crippen LogP contribution in [-0.4, -0.2) is 31.6 Å². The van der Waals surface area contributed by atoms with Crippen LogP contribution >= 0.6 is 0 Å². The molecule has 2 aromatic carbocycles. The van der Waals surface area contributed by atoms with Crippen molar-refractivity contribution in [2.24, 2.45) is 0 Å². The number of hydrogen-bond acceptors (Lipinski definition) is 7. The number of rotatable bonds is 8. The average Bonchev–Trinajstić information content (AvgIpc) is 3.17. The number of esters is 1. The summed E-state index contributed by atoms with van der Waals surface area (Å²) in [7, 11) is -3.93. The van der Waals surface area contributed by atoms with Crippen molar-refractivity contribution in [3.8, 4) is 0 Å². The Labute approximate surface area is 185 Å². The van der Waals surface area contributed by atoms with Crippen molar-refractivity contribution in [2.45, 2.75) is 38.2 Å². The van der Waals surface area contributed by atoms with Crippen LogP contribution in [-0.2, 0) is 19.6 Å². The molecule has 3 rings (SSSR count). The monoisotopic (exact) mass is 457 g/mol. The van der Waals surface area contributed by atoms with Crippen LogP contribution in [0.4, 0.5) is 11.5 Å². The van der Waals surface area contributed by atoms with Gasteiger partial charge < -0.3 is 14.6 Å². The van der Waals surface area contributed by atoms with E-state index in [9.17, 15) is 18.0 Å². The Balaban J connectivity index is 1.72. The third-order valence-corrected chi connectivity index (χ3v) is 5.85. The molecule has 2 N–H and O–H groups in total. The van der Waals surface area contributed by atoms with Gasteiger partial charge in [-0.25, -0.2) is 13.2 Å². The van der Waals surface area contributed by atoms with Gasteiger partial charge in [0.2, 0.25) is 0 Å². The van der Waals surface area contributed by atoms with E-state index in [-0.39, 0.29) is 22.7 Å². The Morgan fingerprint density at radius 2 is 1.81 bits per heavy atom. The predicted octanol–water partition coefficient (Wildman–Crippen LogP) is 3.67. The number of carbonyl (C=O) groups is 2. The lowest BCUT2D eigenvalue weighted by molar-refractivity contribution is -0.124. The standard InChI is InChI=1S/C22H23N3O6S/c1-4-19(21(26)23-20-12-15(3)31-24-20)30-22(27)16-6-5-7-18(13-16)32(28,29)25-17-10-8-14(2)9-11-17/h5-13,19,25H,4H2,1-3H3,(H,23,24,26). The molecule has 0 aliphatic rings. The molecule has 0 bridgehead atoms. The van der Waals surface area contributed by atoms with Gasteiger partial charge in [-0.2, -0.15) is 0 Å². The van der Waals surface area contributed by atoms with Crippen LogP contribution in [0.15, 0.2) is 64.0 Å². The highest BCUT2D eigenvalue weighted by Gasteiger charge is 2.24. The van der Waals surface area contributed by atoms with Crippen LogP contribution in [0.1, 0.15) is 35.0 Å². The summed E-state index contributed by atoms with van der Waals surface area (Å²) in [6, 6.07) is 13.8. The van der Waals surface area contributed by atoms with Gasteiger partial charge in [0.15, 0.2) is 11.9 Å². The van der Waals surface area contributed by atoms with Crippen LogP contribution in [0.2, 0.25) is 0 Å². The topological polar surface area (TPSA) is 128 Å². The molecule has 0 aliphatic carbocycles. The molecule has 0 spiro atoms. The minimum absolute atomic E-state index is 0.000289. The van der Waals surface area contributed by atoms with Gasteiger partial charge in [0.1, 0.15) is 5.76 Å². The van der Waals surface area contributed by atoms with Crippen molar-refractivity contribution in [2.75, 3.05) is 10.0 Å². The molecule has 32 heavy (non-hydrogen) atoms. The molecule has 1 aromatic heterocycles. The fourth-order valence-electron chi connectivity index (χ4n) is 2.78. The Kier molecular flexibility index (Phi) is 6.94. The van der Waals surface area contributed by atoms with Gasteiger partial charge in [0.05, 0.1) is 10.5 Å². The summed E-state index contributed by atoms with van der Waals surface area (Å²) in [5, 5.41) is 6.18. The maximum Gasteiger partial charge on any atom is 0.338 e. The zero-order valence-corrected chi connectivity index (χ0v) is 18.6. The van der Waals surface area contributed by atoms with Gasteiger partial charge in [0.25, 0.3) is 15.9 Å². The number of amides is 1. The van der Waals surface area contributed by atoms with E-state index in [0.29, 0.717) is 11.4 Å². The molecule has 0 saturated carbocycles. The van der Waals surface area contributed by atoms with Gasteiger partial charge in [-0.15, -0.1) is 0 Å². The zero-order chi connectivity index (χ0) is 23.3. The third kappa shape index (κ3) is 5.73. The largest absolute Gasteiger partial charge is 0.449 e. The molecular formula is C22H23N3O6S. The normalized spacial score (nSPS) is 12.1. The van der Waals surface area contributed by atoms with Crippen molar-refractivity contribution in [1.29, 1.82) is 0 Å². The van der Waals surface area contributed by atoms with Crippen LogP contribution in [0.5, 0.6) is 0 Å². The molecule has 3 aromatic rings. The number of nitrogens with zero attached hydrogens (tertiary/aromatic N) is 1. The lowest BCUT2D eigenvalue weighted by atomic mass is 10.2. The molecule has 1 atom stereocenters. The summed E-state index contributed by atoms with van der Waals surface area (Å²) in [6.45, 7) is 5.25. The first-order valence-electron chi connectivity index (χ1n) is 9.82. The van der Waals surface area contributed by atoms with Gasteiger partial charge in [-0.3, -0.25) is 9.52 Å². The molecule has 1 unspecified atom stereocenters. The molecule has 0 fully saturated rings. The number of aryl methyl sites for hydroxylation is 2. The molecule has 0 saturated heterocycles. The molecule has 1 amide bonds. The number of sulfonamides is 1. The molecule has 168 valence electrons. The van der Waals surface area contributed by atoms with Crippen molar-refractivity contribution >= 4 is 33.4 Å². The number of aromatic nitrogens is 1. The second-order valence-electron chi connectivity index (χ2n) is 7.11. The highest BCUT2D eigenvalue weighted by molar-refractivity contribution is 7.92. The maximum absolute atomic E-state index is 12.7. The Morgan fingerprint density at radius 1 is 1.09 bits per heavy atom. The van der Waals surface area contributed by atoms with Gasteiger partial charge in [-0.05, 0) is 50.6 Å². The first-order valence-corrected chi connectivity index (χ1v) is 11.3. The quantitative estimate of drug-likeness (QED) is 0.494. The van der Waals surface area contributed by atoms with Gasteiger partial charge >= 0.3 is 5.97 Å². The third-order valence-electron chi connectivity index (χ3n) is 4.48. The second-order valence-corrected chi connectivity index (χ2v) is 8.80. The first kappa shape index (κ1) is 23.0. The van der Waals surface area contributed by atoms with Crippen molar-refractivity contribution < 1.29 is 27.3 Å². The molecule has 0 radical (unpaired) electrons. The average molecular weight is 458 g/mol. The van der Waals surface area contributed by atoms with E-state index in [1.54, 1.807) is 38.1 Å². The summed E-state index contributed by atoms with van der Waals surface area (Å²) in [6.07, 6.45) is -0.882. The highest BCUT2D eigenvalue weighted by atomic mass is 32.2. The fraction of sp³-hybridized carbons (Fsp3) is 0.227. The van der Waals surface area contributed by atoms with E-state index in [1.807, 2.05) is 6.92 Å².